The Labute approximate surface area is 165 Å². The third kappa shape index (κ3) is 4.15. The van der Waals surface area contributed by atoms with Crippen LogP contribution >= 0.6 is 0 Å². The highest BCUT2D eigenvalue weighted by Gasteiger charge is 2.18. The number of pyridine rings is 2. The topological polar surface area (TPSA) is 74.1 Å². The molecular formula is C21H27N5O2. The minimum Gasteiger partial charge on any atom is -0.474 e. The molecule has 7 heteroatoms. The van der Waals surface area contributed by atoms with Crippen LogP contribution in [-0.2, 0) is 10.3 Å². The van der Waals surface area contributed by atoms with Gasteiger partial charge in [-0.2, -0.15) is 5.10 Å². The lowest BCUT2D eigenvalue weighted by atomic mass is 10.1. The van der Waals surface area contributed by atoms with E-state index in [2.05, 4.69) is 36.2 Å². The molecule has 148 valence electrons. The predicted molar refractivity (Wildman–Crippen MR) is 108 cm³/mol. The molecule has 0 spiro atoms. The van der Waals surface area contributed by atoms with Crippen LogP contribution in [0.5, 0.6) is 5.88 Å². The fraction of sp³-hybridized carbons (Fsp3) is 0.476. The highest BCUT2D eigenvalue weighted by atomic mass is 16.5. The van der Waals surface area contributed by atoms with Gasteiger partial charge < -0.3 is 14.8 Å². The fourth-order valence-corrected chi connectivity index (χ4v) is 3.17. The minimum absolute atomic E-state index is 0.0170. The van der Waals surface area contributed by atoms with Crippen molar-refractivity contribution >= 4 is 10.9 Å². The molecule has 3 aromatic heterocycles. The van der Waals surface area contributed by atoms with Gasteiger partial charge in [0, 0.05) is 31.1 Å². The normalized spacial score (nSPS) is 18.2. The summed E-state index contributed by atoms with van der Waals surface area (Å²) in [6.07, 6.45) is 6.68. The number of nitrogens with zero attached hydrogens (tertiary/aromatic N) is 4. The van der Waals surface area contributed by atoms with E-state index in [1.165, 1.54) is 0 Å². The molecule has 4 rings (SSSR count). The van der Waals surface area contributed by atoms with Gasteiger partial charge in [0.15, 0.2) is 0 Å². The second-order valence-corrected chi connectivity index (χ2v) is 8.09. The molecule has 28 heavy (non-hydrogen) atoms. The summed E-state index contributed by atoms with van der Waals surface area (Å²) in [4.78, 5) is 9.29. The van der Waals surface area contributed by atoms with Crippen LogP contribution in [0.25, 0.3) is 22.2 Å². The second-order valence-electron chi connectivity index (χ2n) is 8.09. The molecule has 4 heterocycles. The Morgan fingerprint density at radius 2 is 2.25 bits per heavy atom. The molecule has 1 fully saturated rings. The van der Waals surface area contributed by atoms with E-state index in [1.54, 1.807) is 6.20 Å². The molecule has 3 aromatic rings. The van der Waals surface area contributed by atoms with Gasteiger partial charge in [-0.1, -0.05) is 0 Å². The van der Waals surface area contributed by atoms with Crippen molar-refractivity contribution in [1.29, 1.82) is 0 Å². The van der Waals surface area contributed by atoms with E-state index in [4.69, 9.17) is 14.5 Å². The van der Waals surface area contributed by atoms with E-state index in [0.717, 1.165) is 48.3 Å². The van der Waals surface area contributed by atoms with Crippen LogP contribution in [0.1, 0.15) is 27.2 Å². The Balaban J connectivity index is 1.64. The number of hydrogen-bond acceptors (Lipinski definition) is 6. The van der Waals surface area contributed by atoms with E-state index in [-0.39, 0.29) is 11.6 Å². The molecule has 0 amide bonds. The molecule has 1 aliphatic rings. The molecule has 1 aliphatic heterocycles. The summed E-state index contributed by atoms with van der Waals surface area (Å²) in [5, 5.41) is 8.77. The van der Waals surface area contributed by atoms with Gasteiger partial charge >= 0.3 is 0 Å². The second kappa shape index (κ2) is 7.85. The van der Waals surface area contributed by atoms with Gasteiger partial charge in [0.2, 0.25) is 5.88 Å². The molecule has 1 saturated heterocycles. The summed E-state index contributed by atoms with van der Waals surface area (Å²) in [5.41, 5.74) is 2.51. The van der Waals surface area contributed by atoms with Gasteiger partial charge in [0.05, 0.1) is 28.3 Å². The van der Waals surface area contributed by atoms with E-state index >= 15 is 0 Å². The van der Waals surface area contributed by atoms with Gasteiger partial charge in [-0.15, -0.1) is 0 Å². The first-order valence-electron chi connectivity index (χ1n) is 9.77. The molecule has 1 unspecified atom stereocenters. The third-order valence-corrected chi connectivity index (χ3v) is 4.76. The van der Waals surface area contributed by atoms with E-state index in [9.17, 15) is 0 Å². The van der Waals surface area contributed by atoms with Crippen molar-refractivity contribution in [3.8, 4) is 17.1 Å². The van der Waals surface area contributed by atoms with Crippen molar-refractivity contribution in [3.63, 3.8) is 0 Å². The first-order chi connectivity index (χ1) is 13.5. The summed E-state index contributed by atoms with van der Waals surface area (Å²) in [6, 6.07) is 5.87. The molecule has 0 aromatic carbocycles. The Morgan fingerprint density at radius 3 is 3.07 bits per heavy atom. The molecule has 7 nitrogen and oxygen atoms in total. The summed E-state index contributed by atoms with van der Waals surface area (Å²) < 4.78 is 13.9. The quantitative estimate of drug-likeness (QED) is 0.749. The Kier molecular flexibility index (Phi) is 5.28. The van der Waals surface area contributed by atoms with Crippen molar-refractivity contribution in [2.45, 2.75) is 38.8 Å². The molecular weight excluding hydrogens is 354 g/mol. The lowest BCUT2D eigenvalue weighted by molar-refractivity contribution is 0.0317. The number of rotatable bonds is 4. The summed E-state index contributed by atoms with van der Waals surface area (Å²) >= 11 is 0. The zero-order chi connectivity index (χ0) is 19.6. The molecule has 1 N–H and O–H groups in total. The molecule has 0 aliphatic carbocycles. The molecule has 1 atom stereocenters. The lowest BCUT2D eigenvalue weighted by Gasteiger charge is -2.18. The molecule has 0 radical (unpaired) electrons. The highest BCUT2D eigenvalue weighted by Crippen LogP contribution is 2.29. The van der Waals surface area contributed by atoms with Crippen molar-refractivity contribution in [3.05, 3.63) is 36.8 Å². The maximum atomic E-state index is 6.11. The maximum Gasteiger partial charge on any atom is 0.223 e. The maximum absolute atomic E-state index is 6.11. The van der Waals surface area contributed by atoms with Gasteiger partial charge in [0.25, 0.3) is 0 Å². The largest absolute Gasteiger partial charge is 0.474 e. The average molecular weight is 381 g/mol. The van der Waals surface area contributed by atoms with E-state index in [0.29, 0.717) is 12.5 Å². The van der Waals surface area contributed by atoms with Crippen LogP contribution in [0, 0.1) is 0 Å². The van der Waals surface area contributed by atoms with Crippen LogP contribution in [0.15, 0.2) is 36.8 Å². The van der Waals surface area contributed by atoms with Gasteiger partial charge in [0.1, 0.15) is 12.7 Å². The smallest absolute Gasteiger partial charge is 0.223 e. The Bertz CT molecular complexity index is 939. The van der Waals surface area contributed by atoms with Gasteiger partial charge in [-0.25, -0.2) is 4.98 Å². The first-order valence-corrected chi connectivity index (χ1v) is 9.77. The monoisotopic (exact) mass is 381 g/mol. The minimum atomic E-state index is -0.0868. The fourth-order valence-electron chi connectivity index (χ4n) is 3.17. The Hall–Kier alpha value is -2.51. The summed E-state index contributed by atoms with van der Waals surface area (Å²) in [6.45, 7) is 9.33. The van der Waals surface area contributed by atoms with Crippen molar-refractivity contribution in [1.82, 2.24) is 25.1 Å². The number of fused-ring (bicyclic) bond motifs is 1. The number of nitrogens with one attached hydrogen (secondary N) is 1. The van der Waals surface area contributed by atoms with Crippen LogP contribution in [-0.4, -0.2) is 52.2 Å². The van der Waals surface area contributed by atoms with Gasteiger partial charge in [-0.3, -0.25) is 9.67 Å². The summed E-state index contributed by atoms with van der Waals surface area (Å²) in [7, 11) is 0. The van der Waals surface area contributed by atoms with Crippen LogP contribution in [0.4, 0.5) is 0 Å². The van der Waals surface area contributed by atoms with Crippen molar-refractivity contribution in [2.24, 2.45) is 0 Å². The lowest BCUT2D eigenvalue weighted by Crippen LogP contribution is -2.31. The molecule has 0 bridgehead atoms. The van der Waals surface area contributed by atoms with Crippen LogP contribution in [0.3, 0.4) is 0 Å². The van der Waals surface area contributed by atoms with Crippen molar-refractivity contribution in [2.75, 3.05) is 26.3 Å². The third-order valence-electron chi connectivity index (χ3n) is 4.76. The zero-order valence-corrected chi connectivity index (χ0v) is 16.7. The standard InChI is InChI=1S/C21H27N5O2/c1-21(2,3)26-13-15(11-24-26)18-10-19-17(6-4-8-23-19)20(25-18)28-14-16-12-22-7-5-9-27-16/h4,6,8,10-11,13,16,22H,5,7,9,12,14H2,1-3H3. The number of ether oxygens (including phenoxy) is 2. The zero-order valence-electron chi connectivity index (χ0n) is 16.7. The van der Waals surface area contributed by atoms with Crippen LogP contribution in [0.2, 0.25) is 0 Å². The highest BCUT2D eigenvalue weighted by molar-refractivity contribution is 5.86. The number of aromatic nitrogens is 4. The predicted octanol–water partition coefficient (Wildman–Crippen LogP) is 3.01. The SMILES string of the molecule is CC(C)(C)n1cc(-c2cc3ncccc3c(OCC3CNCCCO3)n2)cn1. The first kappa shape index (κ1) is 18.8. The van der Waals surface area contributed by atoms with Gasteiger partial charge in [-0.05, 0) is 51.9 Å². The average Bonchev–Trinajstić information content (AvgIpc) is 3.05. The van der Waals surface area contributed by atoms with E-state index < -0.39 is 0 Å². The van der Waals surface area contributed by atoms with Crippen molar-refractivity contribution < 1.29 is 9.47 Å². The molecule has 0 saturated carbocycles. The van der Waals surface area contributed by atoms with E-state index in [1.807, 2.05) is 35.3 Å². The Morgan fingerprint density at radius 1 is 1.36 bits per heavy atom. The van der Waals surface area contributed by atoms with Crippen LogP contribution < -0.4 is 10.1 Å². The number of hydrogen-bond donors (Lipinski definition) is 1. The summed E-state index contributed by atoms with van der Waals surface area (Å²) in [5.74, 6) is 0.581.